The highest BCUT2D eigenvalue weighted by atomic mass is 19.1. The summed E-state index contributed by atoms with van der Waals surface area (Å²) in [6, 6.07) is 5.98. The fourth-order valence-electron chi connectivity index (χ4n) is 2.47. The van der Waals surface area contributed by atoms with Gasteiger partial charge in [0.2, 0.25) is 11.8 Å². The van der Waals surface area contributed by atoms with Gasteiger partial charge in [-0.25, -0.2) is 4.98 Å². The normalized spacial score (nSPS) is 16.7. The molecule has 2 aliphatic rings. The van der Waals surface area contributed by atoms with Crippen LogP contribution in [0.5, 0.6) is 0 Å². The van der Waals surface area contributed by atoms with Crippen LogP contribution < -0.4 is 10.6 Å². The zero-order valence-electron chi connectivity index (χ0n) is 12.8. The van der Waals surface area contributed by atoms with Crippen molar-refractivity contribution in [2.75, 3.05) is 10.6 Å². The summed E-state index contributed by atoms with van der Waals surface area (Å²) in [5, 5.41) is 17.2. The van der Waals surface area contributed by atoms with Crippen LogP contribution in [0.1, 0.15) is 37.3 Å². The van der Waals surface area contributed by atoms with Crippen LogP contribution in [0.4, 0.5) is 27.5 Å². The van der Waals surface area contributed by atoms with Gasteiger partial charge in [-0.05, 0) is 37.8 Å². The van der Waals surface area contributed by atoms with Crippen LogP contribution in [0.15, 0.2) is 24.3 Å². The molecular weight excluding hydrogens is 313 g/mol. The molecule has 7 nitrogen and oxygen atoms in total. The van der Waals surface area contributed by atoms with E-state index in [1.165, 1.54) is 12.1 Å². The topological polar surface area (TPSA) is 93.0 Å². The Hall–Kier alpha value is -2.77. The van der Waals surface area contributed by atoms with Crippen LogP contribution in [0.2, 0.25) is 0 Å². The second-order valence-corrected chi connectivity index (χ2v) is 6.24. The molecule has 24 heavy (non-hydrogen) atoms. The number of nitro groups is 1. The van der Waals surface area contributed by atoms with Gasteiger partial charge in [-0.3, -0.25) is 10.1 Å². The molecule has 0 saturated heterocycles. The number of rotatable bonds is 6. The highest BCUT2D eigenvalue weighted by Crippen LogP contribution is 2.40. The average molecular weight is 329 g/mol. The van der Waals surface area contributed by atoms with Crippen molar-refractivity contribution in [3.05, 3.63) is 45.9 Å². The van der Waals surface area contributed by atoms with Crippen LogP contribution in [-0.2, 0) is 0 Å². The molecule has 1 aromatic carbocycles. The molecule has 1 aromatic heterocycles. The minimum absolute atomic E-state index is 0.418. The molecule has 4 rings (SSSR count). The van der Waals surface area contributed by atoms with E-state index in [-0.39, 0.29) is 0 Å². The van der Waals surface area contributed by atoms with E-state index < -0.39 is 16.4 Å². The van der Waals surface area contributed by atoms with Gasteiger partial charge >= 0.3 is 5.69 Å². The largest absolute Gasteiger partial charge is 0.351 e. The van der Waals surface area contributed by atoms with Gasteiger partial charge in [0.05, 0.1) is 10.6 Å². The van der Waals surface area contributed by atoms with Crippen LogP contribution in [-0.4, -0.2) is 20.9 Å². The molecule has 0 bridgehead atoms. The van der Waals surface area contributed by atoms with Gasteiger partial charge in [-0.2, -0.15) is 9.37 Å². The van der Waals surface area contributed by atoms with Crippen LogP contribution >= 0.6 is 0 Å². The van der Waals surface area contributed by atoms with E-state index in [0.29, 0.717) is 29.4 Å². The summed E-state index contributed by atoms with van der Waals surface area (Å²) in [4.78, 5) is 19.1. The number of hydrogen-bond donors (Lipinski definition) is 2. The lowest BCUT2D eigenvalue weighted by Crippen LogP contribution is -2.08. The number of anilines is 3. The monoisotopic (exact) mass is 329 g/mol. The lowest BCUT2D eigenvalue weighted by molar-refractivity contribution is -0.387. The maximum Gasteiger partial charge on any atom is 0.306 e. The van der Waals surface area contributed by atoms with Crippen LogP contribution in [0, 0.1) is 15.9 Å². The molecular formula is C16H16FN5O2. The summed E-state index contributed by atoms with van der Waals surface area (Å²) in [6.45, 7) is 0. The van der Waals surface area contributed by atoms with E-state index in [1.54, 1.807) is 0 Å². The smallest absolute Gasteiger partial charge is 0.306 e. The molecule has 2 N–H and O–H groups in total. The maximum atomic E-state index is 13.4. The van der Waals surface area contributed by atoms with E-state index in [2.05, 4.69) is 20.6 Å². The summed E-state index contributed by atoms with van der Waals surface area (Å²) in [7, 11) is 0. The first-order valence-electron chi connectivity index (χ1n) is 7.95. The van der Waals surface area contributed by atoms with E-state index in [0.717, 1.165) is 37.4 Å². The van der Waals surface area contributed by atoms with Crippen molar-refractivity contribution < 1.29 is 9.31 Å². The third-order valence-electron chi connectivity index (χ3n) is 4.07. The SMILES string of the molecule is O=[N+]([O-])c1cc(Nc2cc(C3CC3)nc(NC3CC3)n2)ccc1F. The van der Waals surface area contributed by atoms with Gasteiger partial charge in [0, 0.05) is 29.8 Å². The average Bonchev–Trinajstić information content (AvgIpc) is 3.42. The highest BCUT2D eigenvalue weighted by Gasteiger charge is 2.28. The van der Waals surface area contributed by atoms with Crippen molar-refractivity contribution in [2.24, 2.45) is 0 Å². The van der Waals surface area contributed by atoms with Crippen molar-refractivity contribution in [3.63, 3.8) is 0 Å². The Kier molecular flexibility index (Phi) is 3.51. The first-order chi connectivity index (χ1) is 11.6. The summed E-state index contributed by atoms with van der Waals surface area (Å²) in [6.07, 6.45) is 4.45. The minimum atomic E-state index is -0.858. The van der Waals surface area contributed by atoms with E-state index in [9.17, 15) is 14.5 Å². The Morgan fingerprint density at radius 1 is 1.17 bits per heavy atom. The number of nitrogens with zero attached hydrogens (tertiary/aromatic N) is 3. The maximum absolute atomic E-state index is 13.4. The lowest BCUT2D eigenvalue weighted by Gasteiger charge is -2.11. The van der Waals surface area contributed by atoms with E-state index in [4.69, 9.17) is 0 Å². The molecule has 2 fully saturated rings. The van der Waals surface area contributed by atoms with Crippen LogP contribution in [0.3, 0.4) is 0 Å². The standard InChI is InChI=1S/C16H16FN5O2/c17-12-6-5-11(7-14(12)22(23)24)18-15-8-13(9-1-2-9)20-16(21-15)19-10-3-4-10/h5-10H,1-4H2,(H2,18,19,20,21). The van der Waals surface area contributed by atoms with Gasteiger partial charge in [-0.15, -0.1) is 0 Å². The van der Waals surface area contributed by atoms with E-state index >= 15 is 0 Å². The Morgan fingerprint density at radius 2 is 1.96 bits per heavy atom. The molecule has 0 radical (unpaired) electrons. The number of nitrogens with one attached hydrogen (secondary N) is 2. The molecule has 0 amide bonds. The van der Waals surface area contributed by atoms with Crippen molar-refractivity contribution in [1.82, 2.24) is 9.97 Å². The summed E-state index contributed by atoms with van der Waals surface area (Å²) in [5.74, 6) is 0.718. The first-order valence-corrected chi connectivity index (χ1v) is 7.95. The molecule has 2 saturated carbocycles. The lowest BCUT2D eigenvalue weighted by atomic mass is 10.2. The fourth-order valence-corrected chi connectivity index (χ4v) is 2.47. The number of nitro benzene ring substituents is 1. The number of halogens is 1. The predicted octanol–water partition coefficient (Wildman–Crippen LogP) is 3.72. The summed E-state index contributed by atoms with van der Waals surface area (Å²) < 4.78 is 13.4. The second kappa shape index (κ2) is 5.70. The zero-order chi connectivity index (χ0) is 16.7. The van der Waals surface area contributed by atoms with Crippen molar-refractivity contribution >= 4 is 23.1 Å². The molecule has 0 spiro atoms. The third kappa shape index (κ3) is 3.27. The molecule has 0 atom stereocenters. The fraction of sp³-hybridized carbons (Fsp3) is 0.375. The number of aromatic nitrogens is 2. The van der Waals surface area contributed by atoms with Crippen molar-refractivity contribution in [2.45, 2.75) is 37.6 Å². The molecule has 8 heteroatoms. The van der Waals surface area contributed by atoms with Gasteiger partial charge in [0.25, 0.3) is 0 Å². The van der Waals surface area contributed by atoms with Crippen molar-refractivity contribution in [1.29, 1.82) is 0 Å². The van der Waals surface area contributed by atoms with Gasteiger partial charge < -0.3 is 10.6 Å². The van der Waals surface area contributed by atoms with Gasteiger partial charge in [0.15, 0.2) is 0 Å². The van der Waals surface area contributed by atoms with Gasteiger partial charge in [0.1, 0.15) is 5.82 Å². The second-order valence-electron chi connectivity index (χ2n) is 6.24. The Labute approximate surface area is 137 Å². The molecule has 2 aromatic rings. The summed E-state index contributed by atoms with van der Waals surface area (Å²) in [5.41, 5.74) is 0.820. The Bertz CT molecular complexity index is 805. The Morgan fingerprint density at radius 3 is 2.62 bits per heavy atom. The molecule has 0 unspecified atom stereocenters. The van der Waals surface area contributed by atoms with Gasteiger partial charge in [-0.1, -0.05) is 0 Å². The summed E-state index contributed by atoms with van der Waals surface area (Å²) >= 11 is 0. The number of benzene rings is 1. The van der Waals surface area contributed by atoms with E-state index in [1.807, 2.05) is 6.07 Å². The van der Waals surface area contributed by atoms with Crippen LogP contribution in [0.25, 0.3) is 0 Å². The third-order valence-corrected chi connectivity index (χ3v) is 4.07. The highest BCUT2D eigenvalue weighted by molar-refractivity contribution is 5.61. The quantitative estimate of drug-likeness (QED) is 0.620. The minimum Gasteiger partial charge on any atom is -0.351 e. The molecule has 0 aliphatic heterocycles. The molecule has 1 heterocycles. The first kappa shape index (κ1) is 14.8. The number of hydrogen-bond acceptors (Lipinski definition) is 6. The zero-order valence-corrected chi connectivity index (χ0v) is 12.8. The molecule has 2 aliphatic carbocycles. The van der Waals surface area contributed by atoms with Crippen molar-refractivity contribution in [3.8, 4) is 0 Å². The predicted molar refractivity (Wildman–Crippen MR) is 87.0 cm³/mol. The molecule has 124 valence electrons. The Balaban J connectivity index is 1.62.